The first kappa shape index (κ1) is 18.1. The third kappa shape index (κ3) is 5.76. The van der Waals surface area contributed by atoms with Crippen LogP contribution < -0.4 is 10.6 Å². The van der Waals surface area contributed by atoms with Crippen LogP contribution in [-0.2, 0) is 16.6 Å². The molecule has 0 spiro atoms. The third-order valence-corrected chi connectivity index (χ3v) is 4.89. The predicted octanol–water partition coefficient (Wildman–Crippen LogP) is 3.58. The lowest BCUT2D eigenvalue weighted by atomic mass is 10.2. The third-order valence-electron chi connectivity index (χ3n) is 3.19. The number of hydrogen-bond donors (Lipinski definition) is 2. The van der Waals surface area contributed by atoms with Crippen molar-refractivity contribution in [3.05, 3.63) is 90.6 Å². The Bertz CT molecular complexity index is 728. The standard InChI is InChI=1S/C19H20N2OS2/c1-2-13-20-19(23)21-14-18(17-11-7-4-8-12-17)24(22)15-16-9-5-3-6-10-16/h2-12,14H,1,13,15H2,(H2,20,21,23)/b18-14+/t24-/m1/s1. The van der Waals surface area contributed by atoms with E-state index < -0.39 is 10.8 Å². The summed E-state index contributed by atoms with van der Waals surface area (Å²) in [6.07, 6.45) is 3.44. The predicted molar refractivity (Wildman–Crippen MR) is 107 cm³/mol. The van der Waals surface area contributed by atoms with E-state index in [1.807, 2.05) is 60.7 Å². The Morgan fingerprint density at radius 2 is 1.71 bits per heavy atom. The van der Waals surface area contributed by atoms with Crippen molar-refractivity contribution in [1.82, 2.24) is 10.6 Å². The molecule has 0 aliphatic carbocycles. The molecule has 0 amide bonds. The van der Waals surface area contributed by atoms with Gasteiger partial charge in [-0.1, -0.05) is 66.7 Å². The fraction of sp³-hybridized carbons (Fsp3) is 0.105. The Morgan fingerprint density at radius 3 is 2.33 bits per heavy atom. The molecule has 2 N–H and O–H groups in total. The highest BCUT2D eigenvalue weighted by molar-refractivity contribution is 7.93. The second-order valence-electron chi connectivity index (χ2n) is 4.99. The maximum absolute atomic E-state index is 12.9. The molecule has 1 atom stereocenters. The molecule has 2 aromatic rings. The Kier molecular flexibility index (Phi) is 7.39. The highest BCUT2D eigenvalue weighted by atomic mass is 32.2. The van der Waals surface area contributed by atoms with E-state index in [2.05, 4.69) is 17.2 Å². The summed E-state index contributed by atoms with van der Waals surface area (Å²) >= 11 is 5.19. The van der Waals surface area contributed by atoms with E-state index in [0.717, 1.165) is 11.1 Å². The number of thiocarbonyl (C=S) groups is 1. The van der Waals surface area contributed by atoms with E-state index in [9.17, 15) is 4.21 Å². The van der Waals surface area contributed by atoms with Crippen LogP contribution in [0.3, 0.4) is 0 Å². The van der Waals surface area contributed by atoms with Crippen molar-refractivity contribution < 1.29 is 4.21 Å². The summed E-state index contributed by atoms with van der Waals surface area (Å²) in [4.78, 5) is 0.710. The van der Waals surface area contributed by atoms with Crippen LogP contribution in [0.2, 0.25) is 0 Å². The molecule has 0 bridgehead atoms. The van der Waals surface area contributed by atoms with Crippen LogP contribution in [0.4, 0.5) is 0 Å². The van der Waals surface area contributed by atoms with Gasteiger partial charge in [-0.15, -0.1) is 6.58 Å². The Morgan fingerprint density at radius 1 is 1.08 bits per heavy atom. The fourth-order valence-electron chi connectivity index (χ4n) is 2.03. The first-order chi connectivity index (χ1) is 11.7. The van der Waals surface area contributed by atoms with Crippen molar-refractivity contribution >= 4 is 33.0 Å². The summed E-state index contributed by atoms with van der Waals surface area (Å²) in [5.41, 5.74) is 1.94. The number of hydrogen-bond acceptors (Lipinski definition) is 2. The van der Waals surface area contributed by atoms with Crippen molar-refractivity contribution in [3.8, 4) is 0 Å². The van der Waals surface area contributed by atoms with Crippen LogP contribution in [0.1, 0.15) is 11.1 Å². The second kappa shape index (κ2) is 9.80. The maximum atomic E-state index is 12.9. The second-order valence-corrected chi connectivity index (χ2v) is 6.82. The average Bonchev–Trinajstić information content (AvgIpc) is 2.62. The molecule has 0 heterocycles. The Balaban J connectivity index is 2.18. The van der Waals surface area contributed by atoms with Gasteiger partial charge in [-0.3, -0.25) is 4.21 Å². The highest BCUT2D eigenvalue weighted by Crippen LogP contribution is 2.20. The summed E-state index contributed by atoms with van der Waals surface area (Å²) in [7, 11) is -1.19. The van der Waals surface area contributed by atoms with Crippen molar-refractivity contribution in [2.75, 3.05) is 6.54 Å². The van der Waals surface area contributed by atoms with Gasteiger partial charge in [0, 0.05) is 12.7 Å². The summed E-state index contributed by atoms with van der Waals surface area (Å²) in [5, 5.41) is 6.46. The van der Waals surface area contributed by atoms with E-state index in [1.54, 1.807) is 12.3 Å². The van der Waals surface area contributed by atoms with Gasteiger partial charge < -0.3 is 10.6 Å². The topological polar surface area (TPSA) is 41.1 Å². The van der Waals surface area contributed by atoms with Crippen molar-refractivity contribution in [2.45, 2.75) is 5.75 Å². The van der Waals surface area contributed by atoms with E-state index in [4.69, 9.17) is 12.2 Å². The molecule has 0 radical (unpaired) electrons. The molecule has 5 heteroatoms. The van der Waals surface area contributed by atoms with E-state index >= 15 is 0 Å². The Hall–Kier alpha value is -2.24. The van der Waals surface area contributed by atoms with Gasteiger partial charge in [-0.25, -0.2) is 0 Å². The van der Waals surface area contributed by atoms with E-state index in [1.165, 1.54) is 0 Å². The van der Waals surface area contributed by atoms with Crippen molar-refractivity contribution in [3.63, 3.8) is 0 Å². The summed E-state index contributed by atoms with van der Waals surface area (Å²) in [6, 6.07) is 19.5. The van der Waals surface area contributed by atoms with Crippen LogP contribution in [0.15, 0.2) is 79.5 Å². The largest absolute Gasteiger partial charge is 0.359 e. The lowest BCUT2D eigenvalue weighted by Gasteiger charge is -2.10. The summed E-state index contributed by atoms with van der Waals surface area (Å²) in [5.74, 6) is 0.454. The van der Waals surface area contributed by atoms with Gasteiger partial charge in [0.05, 0.1) is 21.5 Å². The zero-order chi connectivity index (χ0) is 17.2. The molecule has 0 saturated heterocycles. The zero-order valence-corrected chi connectivity index (χ0v) is 14.9. The molecule has 2 rings (SSSR count). The molecule has 0 unspecified atom stereocenters. The molecule has 0 aliphatic heterocycles. The normalized spacial score (nSPS) is 12.2. The van der Waals surface area contributed by atoms with E-state index in [-0.39, 0.29) is 0 Å². The smallest absolute Gasteiger partial charge is 0.170 e. The molecule has 24 heavy (non-hydrogen) atoms. The lowest BCUT2D eigenvalue weighted by molar-refractivity contribution is 0.688. The molecule has 2 aromatic carbocycles. The van der Waals surface area contributed by atoms with Gasteiger partial charge in [0.25, 0.3) is 0 Å². The SMILES string of the molecule is C=CCNC(=S)N/C=C(\c1ccccc1)[S@](=O)Cc1ccccc1. The molecular weight excluding hydrogens is 336 g/mol. The van der Waals surface area contributed by atoms with Gasteiger partial charge in [0.15, 0.2) is 5.11 Å². The van der Waals surface area contributed by atoms with Crippen LogP contribution in [0.5, 0.6) is 0 Å². The Labute approximate surface area is 150 Å². The molecule has 0 fully saturated rings. The molecule has 0 saturated carbocycles. The minimum Gasteiger partial charge on any atom is -0.359 e. The molecule has 0 aliphatic rings. The maximum Gasteiger partial charge on any atom is 0.170 e. The van der Waals surface area contributed by atoms with Crippen LogP contribution in [-0.4, -0.2) is 15.9 Å². The summed E-state index contributed by atoms with van der Waals surface area (Å²) < 4.78 is 12.9. The molecule has 3 nitrogen and oxygen atoms in total. The minimum atomic E-state index is -1.19. The fourth-order valence-corrected chi connectivity index (χ4v) is 3.42. The minimum absolute atomic E-state index is 0.454. The van der Waals surface area contributed by atoms with Gasteiger partial charge >= 0.3 is 0 Å². The van der Waals surface area contributed by atoms with Crippen molar-refractivity contribution in [1.29, 1.82) is 0 Å². The van der Waals surface area contributed by atoms with Gasteiger partial charge in [0.1, 0.15) is 0 Å². The van der Waals surface area contributed by atoms with E-state index in [0.29, 0.717) is 22.3 Å². The highest BCUT2D eigenvalue weighted by Gasteiger charge is 2.11. The van der Waals surface area contributed by atoms with Crippen molar-refractivity contribution in [2.24, 2.45) is 0 Å². The monoisotopic (exact) mass is 356 g/mol. The van der Waals surface area contributed by atoms with Crippen LogP contribution in [0, 0.1) is 0 Å². The quantitative estimate of drug-likeness (QED) is 0.588. The number of benzene rings is 2. The number of nitrogens with one attached hydrogen (secondary N) is 2. The van der Waals surface area contributed by atoms with Gasteiger partial charge in [-0.05, 0) is 23.3 Å². The molecular formula is C19H20N2OS2. The van der Waals surface area contributed by atoms with Crippen LogP contribution >= 0.6 is 12.2 Å². The average molecular weight is 357 g/mol. The zero-order valence-electron chi connectivity index (χ0n) is 13.3. The van der Waals surface area contributed by atoms with Gasteiger partial charge in [-0.2, -0.15) is 0 Å². The first-order valence-electron chi connectivity index (χ1n) is 7.54. The molecule has 0 aromatic heterocycles. The molecule has 124 valence electrons. The lowest BCUT2D eigenvalue weighted by Crippen LogP contribution is -2.32. The van der Waals surface area contributed by atoms with Gasteiger partial charge in [0.2, 0.25) is 0 Å². The number of rotatable bonds is 7. The summed E-state index contributed by atoms with van der Waals surface area (Å²) in [6.45, 7) is 4.21. The van der Waals surface area contributed by atoms with Crippen LogP contribution in [0.25, 0.3) is 4.91 Å². The first-order valence-corrected chi connectivity index (χ1v) is 9.26.